The van der Waals surface area contributed by atoms with Crippen LogP contribution in [0.15, 0.2) is 24.5 Å². The van der Waals surface area contributed by atoms with Crippen LogP contribution in [0.2, 0.25) is 0 Å². The van der Waals surface area contributed by atoms with Gasteiger partial charge < -0.3 is 10.1 Å². The summed E-state index contributed by atoms with van der Waals surface area (Å²) < 4.78 is 14.4. The maximum atomic E-state index is 13.0. The fraction of sp³-hybridized carbons (Fsp3) is 0. The third-order valence-corrected chi connectivity index (χ3v) is 1.69. The zero-order valence-electron chi connectivity index (χ0n) is 6.57. The van der Waals surface area contributed by atoms with Crippen LogP contribution >= 0.6 is 0 Å². The molecule has 0 unspecified atom stereocenters. The zero-order valence-corrected chi connectivity index (χ0v) is 6.57. The highest BCUT2D eigenvalue weighted by Crippen LogP contribution is 2.08. The van der Waals surface area contributed by atoms with E-state index >= 15 is 0 Å². The molecular weight excluding hydrogens is 173 g/mol. The van der Waals surface area contributed by atoms with Gasteiger partial charge in [-0.1, -0.05) is 0 Å². The molecule has 1 amide bonds. The number of nitrogens with two attached hydrogens (primary N) is 1. The van der Waals surface area contributed by atoms with Crippen LogP contribution in [0.5, 0.6) is 0 Å². The smallest absolute Gasteiger partial charge is 0.268 e. The number of carbonyl (C=O) groups excluding carboxylic acids is 1. The van der Waals surface area contributed by atoms with Crippen molar-refractivity contribution < 1.29 is 9.18 Å². The molecule has 5 heteroatoms. The number of imidazole rings is 1. The second-order valence-corrected chi connectivity index (χ2v) is 2.58. The van der Waals surface area contributed by atoms with Gasteiger partial charge in [0.25, 0.3) is 5.91 Å². The SMILES string of the molecule is NC(=O)c1cn2cccc(F)c2n1. The van der Waals surface area contributed by atoms with Crippen molar-refractivity contribution in [2.75, 3.05) is 0 Å². The fourth-order valence-corrected chi connectivity index (χ4v) is 1.10. The minimum absolute atomic E-state index is 0.0603. The first kappa shape index (κ1) is 7.72. The van der Waals surface area contributed by atoms with Crippen molar-refractivity contribution in [2.45, 2.75) is 0 Å². The number of hydrogen-bond acceptors (Lipinski definition) is 2. The Labute approximate surface area is 72.8 Å². The molecule has 4 nitrogen and oxygen atoms in total. The topological polar surface area (TPSA) is 60.4 Å². The molecule has 2 N–H and O–H groups in total. The van der Waals surface area contributed by atoms with Crippen molar-refractivity contribution in [1.29, 1.82) is 0 Å². The van der Waals surface area contributed by atoms with E-state index in [4.69, 9.17) is 5.73 Å². The average Bonchev–Trinajstić information content (AvgIpc) is 2.49. The number of carbonyl (C=O) groups is 1. The highest BCUT2D eigenvalue weighted by molar-refractivity contribution is 5.91. The molecule has 13 heavy (non-hydrogen) atoms. The van der Waals surface area contributed by atoms with Crippen molar-refractivity contribution in [1.82, 2.24) is 9.38 Å². The van der Waals surface area contributed by atoms with Gasteiger partial charge in [0, 0.05) is 12.4 Å². The molecule has 0 aliphatic heterocycles. The fourth-order valence-electron chi connectivity index (χ4n) is 1.10. The molecule has 66 valence electrons. The van der Waals surface area contributed by atoms with Gasteiger partial charge in [-0.2, -0.15) is 0 Å². The molecule has 0 aromatic carbocycles. The summed E-state index contributed by atoms with van der Waals surface area (Å²) >= 11 is 0. The molecular formula is C8H6FN3O. The van der Waals surface area contributed by atoms with Crippen molar-refractivity contribution in [2.24, 2.45) is 5.73 Å². The van der Waals surface area contributed by atoms with Crippen LogP contribution in [-0.2, 0) is 0 Å². The number of amides is 1. The summed E-state index contributed by atoms with van der Waals surface area (Å²) in [4.78, 5) is 14.4. The predicted octanol–water partition coefficient (Wildman–Crippen LogP) is 0.572. The first-order valence-corrected chi connectivity index (χ1v) is 3.61. The standard InChI is InChI=1S/C8H6FN3O/c9-5-2-1-3-12-4-6(7(10)13)11-8(5)12/h1-4H,(H2,10,13). The number of primary amides is 1. The molecule has 0 aliphatic carbocycles. The first-order valence-electron chi connectivity index (χ1n) is 3.61. The van der Waals surface area contributed by atoms with Gasteiger partial charge in [-0.15, -0.1) is 0 Å². The normalized spacial score (nSPS) is 10.5. The zero-order chi connectivity index (χ0) is 9.42. The largest absolute Gasteiger partial charge is 0.364 e. The van der Waals surface area contributed by atoms with E-state index in [9.17, 15) is 9.18 Å². The Morgan fingerprint density at radius 3 is 3.00 bits per heavy atom. The third-order valence-electron chi connectivity index (χ3n) is 1.69. The van der Waals surface area contributed by atoms with E-state index in [1.165, 1.54) is 22.7 Å². The molecule has 2 aromatic rings. The van der Waals surface area contributed by atoms with Crippen LogP contribution in [0.1, 0.15) is 10.5 Å². The number of fused-ring (bicyclic) bond motifs is 1. The number of hydrogen-bond donors (Lipinski definition) is 1. The number of nitrogens with zero attached hydrogens (tertiary/aromatic N) is 2. The first-order chi connectivity index (χ1) is 6.18. The van der Waals surface area contributed by atoms with Crippen LogP contribution in [0.3, 0.4) is 0 Å². The van der Waals surface area contributed by atoms with Crippen molar-refractivity contribution in [3.05, 3.63) is 36.0 Å². The number of pyridine rings is 1. The van der Waals surface area contributed by atoms with Gasteiger partial charge in [0.2, 0.25) is 0 Å². The van der Waals surface area contributed by atoms with Crippen LogP contribution in [-0.4, -0.2) is 15.3 Å². The van der Waals surface area contributed by atoms with Gasteiger partial charge in [-0.25, -0.2) is 9.37 Å². The quantitative estimate of drug-likeness (QED) is 0.695. The maximum absolute atomic E-state index is 13.0. The molecule has 2 heterocycles. The lowest BCUT2D eigenvalue weighted by Gasteiger charge is -1.90. The van der Waals surface area contributed by atoms with Crippen LogP contribution in [0.4, 0.5) is 4.39 Å². The molecule has 2 aromatic heterocycles. The molecule has 0 spiro atoms. The highest BCUT2D eigenvalue weighted by Gasteiger charge is 2.08. The van der Waals surface area contributed by atoms with Gasteiger partial charge in [-0.3, -0.25) is 4.79 Å². The van der Waals surface area contributed by atoms with Gasteiger partial charge >= 0.3 is 0 Å². The minimum atomic E-state index is -0.664. The maximum Gasteiger partial charge on any atom is 0.268 e. The Morgan fingerprint density at radius 2 is 2.38 bits per heavy atom. The summed E-state index contributed by atoms with van der Waals surface area (Å²) in [7, 11) is 0. The van der Waals surface area contributed by atoms with E-state index in [1.807, 2.05) is 0 Å². The number of aromatic nitrogens is 2. The van der Waals surface area contributed by atoms with E-state index in [-0.39, 0.29) is 11.3 Å². The minimum Gasteiger partial charge on any atom is -0.364 e. The lowest BCUT2D eigenvalue weighted by atomic mass is 10.4. The van der Waals surface area contributed by atoms with Crippen LogP contribution in [0.25, 0.3) is 5.65 Å². The molecule has 2 rings (SSSR count). The third kappa shape index (κ3) is 1.14. The van der Waals surface area contributed by atoms with Gasteiger partial charge in [0.05, 0.1) is 0 Å². The lowest BCUT2D eigenvalue weighted by molar-refractivity contribution is 0.0996. The van der Waals surface area contributed by atoms with Gasteiger partial charge in [0.15, 0.2) is 11.5 Å². The average molecular weight is 179 g/mol. The molecule has 0 atom stereocenters. The Balaban J connectivity index is 2.75. The summed E-state index contributed by atoms with van der Waals surface area (Å²) in [6, 6.07) is 2.79. The van der Waals surface area contributed by atoms with Crippen molar-refractivity contribution in [3.8, 4) is 0 Å². The molecule has 0 fully saturated rings. The molecule has 0 radical (unpaired) electrons. The summed E-state index contributed by atoms with van der Waals surface area (Å²) in [5, 5.41) is 0. The van der Waals surface area contributed by atoms with Crippen LogP contribution < -0.4 is 5.73 Å². The molecule has 0 aliphatic rings. The van der Waals surface area contributed by atoms with E-state index in [0.717, 1.165) is 0 Å². The van der Waals surface area contributed by atoms with E-state index in [0.29, 0.717) is 0 Å². The van der Waals surface area contributed by atoms with Crippen LogP contribution in [0, 0.1) is 5.82 Å². The molecule has 0 saturated carbocycles. The summed E-state index contributed by atoms with van der Waals surface area (Å²) in [6.45, 7) is 0. The molecule has 0 saturated heterocycles. The molecule has 0 bridgehead atoms. The highest BCUT2D eigenvalue weighted by atomic mass is 19.1. The van der Waals surface area contributed by atoms with E-state index in [2.05, 4.69) is 4.98 Å². The number of rotatable bonds is 1. The monoisotopic (exact) mass is 179 g/mol. The van der Waals surface area contributed by atoms with E-state index in [1.54, 1.807) is 6.20 Å². The van der Waals surface area contributed by atoms with Crippen molar-refractivity contribution in [3.63, 3.8) is 0 Å². The Bertz CT molecular complexity index is 477. The summed E-state index contributed by atoms with van der Waals surface area (Å²) in [5.74, 6) is -1.14. The Kier molecular flexibility index (Phi) is 1.51. The second kappa shape index (κ2) is 2.55. The Morgan fingerprint density at radius 1 is 1.62 bits per heavy atom. The summed E-state index contributed by atoms with van der Waals surface area (Å²) in [5.41, 5.74) is 5.16. The van der Waals surface area contributed by atoms with Gasteiger partial charge in [-0.05, 0) is 12.1 Å². The second-order valence-electron chi connectivity index (χ2n) is 2.58. The lowest BCUT2D eigenvalue weighted by Crippen LogP contribution is -2.10. The van der Waals surface area contributed by atoms with Crippen molar-refractivity contribution >= 4 is 11.6 Å². The number of halogens is 1. The predicted molar refractivity (Wildman–Crippen MR) is 43.7 cm³/mol. The summed E-state index contributed by atoms with van der Waals surface area (Å²) in [6.07, 6.45) is 2.98. The Hall–Kier alpha value is -1.91. The van der Waals surface area contributed by atoms with E-state index < -0.39 is 11.7 Å². The van der Waals surface area contributed by atoms with Gasteiger partial charge in [0.1, 0.15) is 5.69 Å².